The van der Waals surface area contributed by atoms with E-state index in [-0.39, 0.29) is 17.9 Å². The van der Waals surface area contributed by atoms with Crippen LogP contribution in [0.5, 0.6) is 5.75 Å². The topological polar surface area (TPSA) is 126 Å². The molecule has 10 nitrogen and oxygen atoms in total. The molecule has 4 aromatic rings. The number of nitrogens with zero attached hydrogens (tertiary/aromatic N) is 3. The fourth-order valence-electron chi connectivity index (χ4n) is 4.31. The Labute approximate surface area is 225 Å². The summed E-state index contributed by atoms with van der Waals surface area (Å²) in [6.07, 6.45) is 1.61. The molecule has 0 fully saturated rings. The summed E-state index contributed by atoms with van der Waals surface area (Å²) in [5.74, 6) is 1.07. The first kappa shape index (κ1) is 25.9. The van der Waals surface area contributed by atoms with Gasteiger partial charge in [-0.25, -0.2) is 9.79 Å². The van der Waals surface area contributed by atoms with Crippen molar-refractivity contribution >= 4 is 34.8 Å². The molecular formula is C28H23N3O7S. The molecule has 2 aromatic heterocycles. The van der Waals surface area contributed by atoms with E-state index in [4.69, 9.17) is 18.9 Å². The highest BCUT2D eigenvalue weighted by Gasteiger charge is 2.31. The summed E-state index contributed by atoms with van der Waals surface area (Å²) < 4.78 is 18.3. The van der Waals surface area contributed by atoms with Crippen molar-refractivity contribution in [3.05, 3.63) is 107 Å². The highest BCUT2D eigenvalue weighted by atomic mass is 32.1. The van der Waals surface area contributed by atoms with Crippen molar-refractivity contribution in [2.75, 3.05) is 13.7 Å². The Hall–Kier alpha value is -4.77. The third-order valence-corrected chi connectivity index (χ3v) is 7.22. The second-order valence-corrected chi connectivity index (χ2v) is 9.57. The molecule has 0 aliphatic carbocycles. The summed E-state index contributed by atoms with van der Waals surface area (Å²) in [5, 5.41) is 10.9. The Morgan fingerprint density at radius 2 is 1.87 bits per heavy atom. The van der Waals surface area contributed by atoms with Crippen LogP contribution in [0.15, 0.2) is 80.4 Å². The van der Waals surface area contributed by atoms with Gasteiger partial charge in [0, 0.05) is 29.5 Å². The SMILES string of the molecule is CCOC(=O)C1=C(C)n2c(s/c(=C\c3ccc(-c4ccc([N+](=O)[O-])cc4)o3)c2=O)=N[C@H]1c1ccc(OC)cc1. The van der Waals surface area contributed by atoms with Gasteiger partial charge in [0.1, 0.15) is 27.8 Å². The van der Waals surface area contributed by atoms with Crippen LogP contribution in [0.3, 0.4) is 0 Å². The number of hydrogen-bond acceptors (Lipinski definition) is 9. The molecule has 0 unspecified atom stereocenters. The lowest BCUT2D eigenvalue weighted by Crippen LogP contribution is -2.35. The van der Waals surface area contributed by atoms with Crippen LogP contribution in [0.25, 0.3) is 23.1 Å². The number of nitro benzene ring substituents is 1. The van der Waals surface area contributed by atoms with Gasteiger partial charge in [-0.15, -0.1) is 0 Å². The van der Waals surface area contributed by atoms with E-state index < -0.39 is 16.9 Å². The summed E-state index contributed by atoms with van der Waals surface area (Å²) >= 11 is 1.19. The van der Waals surface area contributed by atoms with Crippen LogP contribution >= 0.6 is 11.3 Å². The van der Waals surface area contributed by atoms with Gasteiger partial charge in [-0.2, -0.15) is 0 Å². The predicted molar refractivity (Wildman–Crippen MR) is 145 cm³/mol. The molecule has 0 spiro atoms. The van der Waals surface area contributed by atoms with Gasteiger partial charge >= 0.3 is 5.97 Å². The zero-order valence-corrected chi connectivity index (χ0v) is 22.1. The van der Waals surface area contributed by atoms with Crippen LogP contribution < -0.4 is 19.6 Å². The van der Waals surface area contributed by atoms with E-state index in [0.717, 1.165) is 5.56 Å². The van der Waals surface area contributed by atoms with E-state index in [1.165, 1.54) is 28.0 Å². The van der Waals surface area contributed by atoms with E-state index in [1.54, 1.807) is 63.4 Å². The summed E-state index contributed by atoms with van der Waals surface area (Å²) in [6.45, 7) is 3.61. The normalized spacial score (nSPS) is 15.1. The number of aromatic nitrogens is 1. The fourth-order valence-corrected chi connectivity index (χ4v) is 5.33. The lowest BCUT2D eigenvalue weighted by molar-refractivity contribution is -0.384. The van der Waals surface area contributed by atoms with E-state index in [2.05, 4.69) is 0 Å². The molecule has 0 radical (unpaired) electrons. The molecular weight excluding hydrogens is 522 g/mol. The molecule has 198 valence electrons. The maximum absolute atomic E-state index is 13.4. The minimum Gasteiger partial charge on any atom is -0.497 e. The number of non-ortho nitro benzene ring substituents is 1. The molecule has 0 saturated heterocycles. The maximum atomic E-state index is 13.4. The summed E-state index contributed by atoms with van der Waals surface area (Å²) in [5.41, 5.74) is 1.81. The summed E-state index contributed by atoms with van der Waals surface area (Å²) in [4.78, 5) is 42.1. The molecule has 3 heterocycles. The Balaban J connectivity index is 1.58. The third-order valence-electron chi connectivity index (χ3n) is 6.23. The number of esters is 1. The second kappa shape index (κ2) is 10.5. The quantitative estimate of drug-likeness (QED) is 0.195. The summed E-state index contributed by atoms with van der Waals surface area (Å²) in [7, 11) is 1.57. The third kappa shape index (κ3) is 4.91. The fraction of sp³-hybridized carbons (Fsp3) is 0.179. The number of carbonyl (C=O) groups excluding carboxylic acids is 1. The predicted octanol–water partition coefficient (Wildman–Crippen LogP) is 4.08. The van der Waals surface area contributed by atoms with E-state index in [9.17, 15) is 19.7 Å². The number of nitro groups is 1. The van der Waals surface area contributed by atoms with Gasteiger partial charge in [-0.1, -0.05) is 23.5 Å². The van der Waals surface area contributed by atoms with Crippen molar-refractivity contribution < 1.29 is 23.6 Å². The molecule has 11 heteroatoms. The number of benzene rings is 2. The number of thiazole rings is 1. The number of fused-ring (bicyclic) bond motifs is 1. The van der Waals surface area contributed by atoms with Gasteiger partial charge in [-0.3, -0.25) is 19.5 Å². The van der Waals surface area contributed by atoms with Crippen molar-refractivity contribution in [3.8, 4) is 17.1 Å². The number of rotatable bonds is 7. The lowest BCUT2D eigenvalue weighted by Gasteiger charge is -2.22. The molecule has 0 amide bonds. The van der Waals surface area contributed by atoms with E-state index in [1.807, 2.05) is 12.1 Å². The van der Waals surface area contributed by atoms with Gasteiger partial charge < -0.3 is 13.9 Å². The molecule has 0 saturated carbocycles. The highest BCUT2D eigenvalue weighted by molar-refractivity contribution is 7.07. The zero-order chi connectivity index (χ0) is 27.7. The first-order chi connectivity index (χ1) is 18.8. The molecule has 0 bridgehead atoms. The average molecular weight is 546 g/mol. The minimum atomic E-state index is -0.654. The number of methoxy groups -OCH3 is 1. The first-order valence-corrected chi connectivity index (χ1v) is 12.8. The van der Waals surface area contributed by atoms with Crippen molar-refractivity contribution in [3.63, 3.8) is 0 Å². The Morgan fingerprint density at radius 1 is 1.15 bits per heavy atom. The van der Waals surface area contributed by atoms with E-state index in [0.29, 0.717) is 43.4 Å². The monoisotopic (exact) mass is 545 g/mol. The lowest BCUT2D eigenvalue weighted by atomic mass is 9.96. The molecule has 1 aliphatic rings. The molecule has 2 aromatic carbocycles. The van der Waals surface area contributed by atoms with Gasteiger partial charge in [-0.05, 0) is 55.8 Å². The van der Waals surface area contributed by atoms with Gasteiger partial charge in [0.05, 0.1) is 24.2 Å². The number of carbonyl (C=O) groups is 1. The van der Waals surface area contributed by atoms with Crippen molar-refractivity contribution in [2.45, 2.75) is 19.9 Å². The largest absolute Gasteiger partial charge is 0.497 e. The Bertz CT molecular complexity index is 1780. The van der Waals surface area contributed by atoms with E-state index >= 15 is 0 Å². The highest BCUT2D eigenvalue weighted by Crippen LogP contribution is 2.33. The second-order valence-electron chi connectivity index (χ2n) is 8.56. The van der Waals surface area contributed by atoms with Crippen LogP contribution in [0.2, 0.25) is 0 Å². The number of allylic oxidation sites excluding steroid dienone is 1. The first-order valence-electron chi connectivity index (χ1n) is 12.0. The van der Waals surface area contributed by atoms with Gasteiger partial charge in [0.2, 0.25) is 0 Å². The molecule has 0 N–H and O–H groups in total. The minimum absolute atomic E-state index is 0.0170. The zero-order valence-electron chi connectivity index (χ0n) is 21.2. The molecule has 1 atom stereocenters. The molecule has 1 aliphatic heterocycles. The Morgan fingerprint density at radius 3 is 2.51 bits per heavy atom. The number of hydrogen-bond donors (Lipinski definition) is 0. The van der Waals surface area contributed by atoms with Crippen LogP contribution in [0.1, 0.15) is 31.2 Å². The maximum Gasteiger partial charge on any atom is 0.338 e. The average Bonchev–Trinajstić information content (AvgIpc) is 3.53. The van der Waals surface area contributed by atoms with Gasteiger partial charge in [0.15, 0.2) is 4.80 Å². The van der Waals surface area contributed by atoms with Crippen molar-refractivity contribution in [2.24, 2.45) is 4.99 Å². The molecule has 39 heavy (non-hydrogen) atoms. The van der Waals surface area contributed by atoms with Crippen LogP contribution in [-0.2, 0) is 9.53 Å². The van der Waals surface area contributed by atoms with Crippen LogP contribution in [-0.4, -0.2) is 29.2 Å². The number of furan rings is 1. The van der Waals surface area contributed by atoms with Crippen LogP contribution in [0, 0.1) is 10.1 Å². The molecule has 5 rings (SSSR count). The van der Waals surface area contributed by atoms with Gasteiger partial charge in [0.25, 0.3) is 11.2 Å². The van der Waals surface area contributed by atoms with Crippen molar-refractivity contribution in [1.82, 2.24) is 4.57 Å². The summed E-state index contributed by atoms with van der Waals surface area (Å²) in [6, 6.07) is 16.0. The smallest absolute Gasteiger partial charge is 0.338 e. The van der Waals surface area contributed by atoms with Crippen LogP contribution in [0.4, 0.5) is 5.69 Å². The Kier molecular flexibility index (Phi) is 6.99. The standard InChI is InChI=1S/C28H23N3O7S/c1-4-37-27(33)24-16(2)30-26(32)23(39-28(30)29-25(24)18-7-11-20(36-3)12-8-18)15-21-13-14-22(38-21)17-5-9-19(10-6-17)31(34)35/h5-15,25H,4H2,1-3H3/b23-15-/t25-/m0/s1. The van der Waals surface area contributed by atoms with Crippen molar-refractivity contribution in [1.29, 1.82) is 0 Å². The number of ether oxygens (including phenoxy) is 2.